The van der Waals surface area contributed by atoms with Crippen LogP contribution in [0.3, 0.4) is 0 Å². The Balaban J connectivity index is 1.85. The second-order valence-corrected chi connectivity index (χ2v) is 7.44. The first-order valence-electron chi connectivity index (χ1n) is 9.43. The number of rotatable bonds is 6. The quantitative estimate of drug-likeness (QED) is 0.539. The highest BCUT2D eigenvalue weighted by Gasteiger charge is 2.20. The van der Waals surface area contributed by atoms with Gasteiger partial charge >= 0.3 is 5.97 Å². The molecule has 0 N–H and O–H groups in total. The van der Waals surface area contributed by atoms with Crippen LogP contribution in [0.2, 0.25) is 0 Å². The van der Waals surface area contributed by atoms with Crippen LogP contribution in [-0.4, -0.2) is 44.1 Å². The molecule has 1 aliphatic rings. The topological polar surface area (TPSA) is 97.6 Å². The van der Waals surface area contributed by atoms with Gasteiger partial charge in [-0.05, 0) is 25.1 Å². The monoisotopic (exact) mass is 444 g/mol. The minimum atomic E-state index is -0.528. The number of carbonyl (C=O) groups is 2. The lowest BCUT2D eigenvalue weighted by atomic mass is 10.2. The van der Waals surface area contributed by atoms with E-state index in [2.05, 4.69) is 4.99 Å². The van der Waals surface area contributed by atoms with Crippen molar-refractivity contribution in [3.63, 3.8) is 0 Å². The number of nitrogens with zero attached hydrogens (tertiary/aromatic N) is 2. The van der Waals surface area contributed by atoms with E-state index in [1.165, 1.54) is 25.6 Å². The number of ether oxygens (including phenoxy) is 5. The molecule has 2 aromatic carbocycles. The molecule has 0 spiro atoms. The van der Waals surface area contributed by atoms with Crippen LogP contribution in [0.5, 0.6) is 23.0 Å². The number of carbonyl (C=O) groups excluding carboxylic acids is 2. The predicted molar refractivity (Wildman–Crippen MR) is 112 cm³/mol. The summed E-state index contributed by atoms with van der Waals surface area (Å²) in [5.41, 5.74) is 0.933. The average Bonchev–Trinajstić information content (AvgIpc) is 3.35. The fourth-order valence-electron chi connectivity index (χ4n) is 3.16. The van der Waals surface area contributed by atoms with E-state index in [1.54, 1.807) is 41.8 Å². The molecule has 0 fully saturated rings. The van der Waals surface area contributed by atoms with Crippen LogP contribution in [0, 0.1) is 0 Å². The predicted octanol–water partition coefficient (Wildman–Crippen LogP) is 2.75. The molecule has 162 valence electrons. The largest absolute Gasteiger partial charge is 0.497 e. The van der Waals surface area contributed by atoms with Crippen LogP contribution in [-0.2, 0) is 16.1 Å². The van der Waals surface area contributed by atoms with Gasteiger partial charge < -0.3 is 28.3 Å². The van der Waals surface area contributed by atoms with Crippen molar-refractivity contribution in [2.75, 3.05) is 27.6 Å². The molecule has 3 aromatic rings. The fourth-order valence-corrected chi connectivity index (χ4v) is 4.20. The van der Waals surface area contributed by atoms with Gasteiger partial charge in [-0.1, -0.05) is 11.3 Å². The summed E-state index contributed by atoms with van der Waals surface area (Å²) in [4.78, 5) is 29.9. The molecule has 1 aromatic heterocycles. The Kier molecular flexibility index (Phi) is 5.81. The lowest BCUT2D eigenvalue weighted by Crippen LogP contribution is -2.23. The van der Waals surface area contributed by atoms with Gasteiger partial charge in [0.05, 0.1) is 36.6 Å². The zero-order valence-corrected chi connectivity index (χ0v) is 18.0. The van der Waals surface area contributed by atoms with Crippen LogP contribution in [0.25, 0.3) is 10.2 Å². The lowest BCUT2D eigenvalue weighted by molar-refractivity contribution is -0.143. The van der Waals surface area contributed by atoms with Gasteiger partial charge in [-0.2, -0.15) is 4.99 Å². The van der Waals surface area contributed by atoms with E-state index in [0.29, 0.717) is 33.3 Å². The summed E-state index contributed by atoms with van der Waals surface area (Å²) in [5.74, 6) is 1.07. The molecule has 2 heterocycles. The summed E-state index contributed by atoms with van der Waals surface area (Å²) in [5, 5.41) is 0. The van der Waals surface area contributed by atoms with Gasteiger partial charge in [-0.25, -0.2) is 0 Å². The first-order valence-corrected chi connectivity index (χ1v) is 10.3. The zero-order valence-electron chi connectivity index (χ0n) is 17.2. The molecule has 0 saturated carbocycles. The Morgan fingerprint density at radius 3 is 2.61 bits per heavy atom. The molecule has 10 heteroatoms. The van der Waals surface area contributed by atoms with Gasteiger partial charge in [0, 0.05) is 12.1 Å². The van der Waals surface area contributed by atoms with Crippen molar-refractivity contribution < 1.29 is 33.3 Å². The minimum absolute atomic E-state index is 0.102. The summed E-state index contributed by atoms with van der Waals surface area (Å²) in [6.45, 7) is 2.02. The lowest BCUT2D eigenvalue weighted by Gasteiger charge is -2.08. The van der Waals surface area contributed by atoms with Crippen molar-refractivity contribution in [3.05, 3.63) is 40.7 Å². The third-order valence-electron chi connectivity index (χ3n) is 4.60. The van der Waals surface area contributed by atoms with E-state index < -0.39 is 11.9 Å². The molecule has 9 nitrogen and oxygen atoms in total. The smallest absolute Gasteiger partial charge is 0.326 e. The number of fused-ring (bicyclic) bond motifs is 2. The summed E-state index contributed by atoms with van der Waals surface area (Å²) < 4.78 is 28.9. The molecule has 0 unspecified atom stereocenters. The van der Waals surface area contributed by atoms with E-state index in [1.807, 2.05) is 0 Å². The number of methoxy groups -OCH3 is 2. The summed E-state index contributed by atoms with van der Waals surface area (Å²) in [7, 11) is 2.98. The van der Waals surface area contributed by atoms with Crippen molar-refractivity contribution in [1.82, 2.24) is 4.57 Å². The molecular formula is C21H20N2O7S. The maximum absolute atomic E-state index is 13.0. The number of hydrogen-bond acceptors (Lipinski definition) is 8. The van der Waals surface area contributed by atoms with Gasteiger partial charge in [0.1, 0.15) is 18.0 Å². The Morgan fingerprint density at radius 2 is 1.90 bits per heavy atom. The summed E-state index contributed by atoms with van der Waals surface area (Å²) in [6, 6.07) is 8.46. The Hall–Kier alpha value is -3.53. The standard InChI is InChI=1S/C21H20N2O7S/c1-4-28-19(24)10-23-14-8-16-17(30-11-29-16)9-18(14)31-21(23)22-20(25)13-7-12(26-2)5-6-15(13)27-3/h5-9H,4,10-11H2,1-3H3. The van der Waals surface area contributed by atoms with Gasteiger partial charge in [0.25, 0.3) is 5.91 Å². The molecule has 4 rings (SSSR count). The van der Waals surface area contributed by atoms with Crippen LogP contribution < -0.4 is 23.7 Å². The van der Waals surface area contributed by atoms with E-state index in [9.17, 15) is 9.59 Å². The normalized spacial score (nSPS) is 12.8. The zero-order chi connectivity index (χ0) is 22.0. The number of esters is 1. The number of aromatic nitrogens is 1. The third kappa shape index (κ3) is 4.06. The van der Waals surface area contributed by atoms with E-state index in [4.69, 9.17) is 23.7 Å². The number of amides is 1. The first kappa shape index (κ1) is 20.7. The van der Waals surface area contributed by atoms with E-state index in [0.717, 1.165) is 4.70 Å². The number of benzene rings is 2. The van der Waals surface area contributed by atoms with Crippen molar-refractivity contribution in [1.29, 1.82) is 0 Å². The van der Waals surface area contributed by atoms with Crippen molar-refractivity contribution in [2.24, 2.45) is 4.99 Å². The second-order valence-electron chi connectivity index (χ2n) is 6.43. The number of thiazole rings is 1. The molecule has 1 amide bonds. The van der Waals surface area contributed by atoms with E-state index >= 15 is 0 Å². The summed E-state index contributed by atoms with van der Waals surface area (Å²) >= 11 is 1.26. The van der Waals surface area contributed by atoms with Gasteiger partial charge in [0.2, 0.25) is 6.79 Å². The van der Waals surface area contributed by atoms with Gasteiger partial charge in [0.15, 0.2) is 16.3 Å². The Labute approximate surface area is 181 Å². The third-order valence-corrected chi connectivity index (χ3v) is 5.65. The highest BCUT2D eigenvalue weighted by atomic mass is 32.1. The maximum atomic E-state index is 13.0. The van der Waals surface area contributed by atoms with Crippen molar-refractivity contribution >= 4 is 33.4 Å². The average molecular weight is 444 g/mol. The molecule has 0 radical (unpaired) electrons. The molecule has 0 atom stereocenters. The molecule has 1 aliphatic heterocycles. The van der Waals surface area contributed by atoms with Crippen LogP contribution in [0.15, 0.2) is 35.3 Å². The minimum Gasteiger partial charge on any atom is -0.497 e. The maximum Gasteiger partial charge on any atom is 0.326 e. The Morgan fingerprint density at radius 1 is 1.13 bits per heavy atom. The molecule has 31 heavy (non-hydrogen) atoms. The van der Waals surface area contributed by atoms with Crippen LogP contribution >= 0.6 is 11.3 Å². The van der Waals surface area contributed by atoms with Crippen LogP contribution in [0.4, 0.5) is 0 Å². The molecule has 0 bridgehead atoms. The van der Waals surface area contributed by atoms with Crippen molar-refractivity contribution in [2.45, 2.75) is 13.5 Å². The SMILES string of the molecule is CCOC(=O)Cn1c(=NC(=O)c2cc(OC)ccc2OC)sc2cc3c(cc21)OCO3. The highest BCUT2D eigenvalue weighted by molar-refractivity contribution is 7.16. The molecular weight excluding hydrogens is 424 g/mol. The number of hydrogen-bond donors (Lipinski definition) is 0. The first-order chi connectivity index (χ1) is 15.0. The molecule has 0 aliphatic carbocycles. The summed E-state index contributed by atoms with van der Waals surface area (Å²) in [6.07, 6.45) is 0. The van der Waals surface area contributed by atoms with Crippen molar-refractivity contribution in [3.8, 4) is 23.0 Å². The Bertz CT molecular complexity index is 1230. The molecule has 0 saturated heterocycles. The highest BCUT2D eigenvalue weighted by Crippen LogP contribution is 2.37. The van der Waals surface area contributed by atoms with Gasteiger partial charge in [-0.15, -0.1) is 0 Å². The second kappa shape index (κ2) is 8.68. The van der Waals surface area contributed by atoms with E-state index in [-0.39, 0.29) is 25.5 Å². The van der Waals surface area contributed by atoms with Crippen LogP contribution in [0.1, 0.15) is 17.3 Å². The van der Waals surface area contributed by atoms with Gasteiger partial charge in [-0.3, -0.25) is 9.59 Å². The fraction of sp³-hybridized carbons (Fsp3) is 0.286.